The molecule has 1 aromatic carbocycles. The Labute approximate surface area is 178 Å². The van der Waals surface area contributed by atoms with Crippen LogP contribution in [0.1, 0.15) is 36.8 Å². The number of aliphatic hydroxyl groups is 1. The first-order valence-corrected chi connectivity index (χ1v) is 11.0. The average molecular weight is 409 g/mol. The van der Waals surface area contributed by atoms with Crippen LogP contribution in [0.4, 0.5) is 0 Å². The number of likely N-dealkylation sites (tertiary alicyclic amines) is 1. The number of aliphatic hydroxyl groups excluding tert-OH is 1. The molecule has 6 heteroatoms. The molecule has 2 aliphatic rings. The third-order valence-corrected chi connectivity index (χ3v) is 5.74. The van der Waals surface area contributed by atoms with Crippen molar-refractivity contribution < 1.29 is 9.84 Å². The van der Waals surface area contributed by atoms with Gasteiger partial charge in [-0.05, 0) is 56.2 Å². The van der Waals surface area contributed by atoms with E-state index in [1.165, 1.54) is 19.4 Å². The van der Waals surface area contributed by atoms with Crippen molar-refractivity contribution in [2.45, 2.75) is 51.6 Å². The fourth-order valence-electron chi connectivity index (χ4n) is 3.74. The predicted molar refractivity (Wildman–Crippen MR) is 117 cm³/mol. The van der Waals surface area contributed by atoms with Crippen LogP contribution in [0.2, 0.25) is 0 Å². The van der Waals surface area contributed by atoms with Crippen LogP contribution in [-0.4, -0.2) is 47.1 Å². The van der Waals surface area contributed by atoms with Gasteiger partial charge in [-0.15, -0.1) is 0 Å². The highest BCUT2D eigenvalue weighted by molar-refractivity contribution is 5.18. The summed E-state index contributed by atoms with van der Waals surface area (Å²) in [6.45, 7) is 6.03. The van der Waals surface area contributed by atoms with Gasteiger partial charge in [-0.2, -0.15) is 0 Å². The lowest BCUT2D eigenvalue weighted by Gasteiger charge is -2.31. The van der Waals surface area contributed by atoms with Crippen molar-refractivity contribution >= 4 is 0 Å². The van der Waals surface area contributed by atoms with Crippen LogP contribution >= 0.6 is 0 Å². The molecule has 1 aliphatic carbocycles. The van der Waals surface area contributed by atoms with E-state index < -0.39 is 6.35 Å². The second kappa shape index (κ2) is 10.2. The number of ether oxygens (including phenoxy) is 1. The van der Waals surface area contributed by atoms with Crippen LogP contribution in [0, 0.1) is 12.8 Å². The van der Waals surface area contributed by atoms with Gasteiger partial charge < -0.3 is 14.7 Å². The third-order valence-electron chi connectivity index (χ3n) is 5.74. The van der Waals surface area contributed by atoms with E-state index in [0.717, 1.165) is 48.3 Å². The van der Waals surface area contributed by atoms with E-state index in [-0.39, 0.29) is 6.10 Å². The van der Waals surface area contributed by atoms with Crippen LogP contribution in [0.15, 0.2) is 53.7 Å². The molecule has 1 atom stereocenters. The van der Waals surface area contributed by atoms with E-state index in [4.69, 9.17) is 4.74 Å². The minimum Gasteiger partial charge on any atom is -0.474 e. The zero-order valence-electron chi connectivity index (χ0n) is 17.7. The Hall–Kier alpha value is -2.28. The maximum absolute atomic E-state index is 10.1. The second-order valence-corrected chi connectivity index (χ2v) is 8.48. The summed E-state index contributed by atoms with van der Waals surface area (Å²) in [6, 6.07) is 13.6. The van der Waals surface area contributed by atoms with E-state index in [2.05, 4.69) is 20.2 Å². The molecule has 0 radical (unpaired) electrons. The lowest BCUT2D eigenvalue weighted by molar-refractivity contribution is 0.0944. The fraction of sp³-hybridized carbons (Fsp3) is 0.500. The number of hydrogen-bond donors (Lipinski definition) is 2. The number of hydrogen-bond acceptors (Lipinski definition) is 6. The summed E-state index contributed by atoms with van der Waals surface area (Å²) in [6.07, 6.45) is 6.06. The number of aryl methyl sites for hydroxylation is 1. The first kappa shape index (κ1) is 21.0. The van der Waals surface area contributed by atoms with Gasteiger partial charge in [0.15, 0.2) is 0 Å². The summed E-state index contributed by atoms with van der Waals surface area (Å²) in [5, 5.41) is 13.9. The molecular formula is C24H32N4O2. The molecule has 0 spiro atoms. The van der Waals surface area contributed by atoms with E-state index >= 15 is 0 Å². The van der Waals surface area contributed by atoms with E-state index in [0.29, 0.717) is 12.4 Å². The number of nitrogens with one attached hydrogen (secondary N) is 1. The SMILES string of the molecule is Cc1cccc(=NC(O)NCc2ccc(OC3CCN(CC4CC4)CC3)nc2)cc1. The van der Waals surface area contributed by atoms with Crippen molar-refractivity contribution in [1.82, 2.24) is 15.2 Å². The molecule has 160 valence electrons. The minimum atomic E-state index is -0.968. The third kappa shape index (κ3) is 6.62. The highest BCUT2D eigenvalue weighted by atomic mass is 16.5. The topological polar surface area (TPSA) is 70.0 Å². The van der Waals surface area contributed by atoms with Crippen LogP contribution in [-0.2, 0) is 6.54 Å². The molecule has 30 heavy (non-hydrogen) atoms. The summed E-state index contributed by atoms with van der Waals surface area (Å²) >= 11 is 0. The molecule has 2 N–H and O–H groups in total. The number of nitrogens with zero attached hydrogens (tertiary/aromatic N) is 3. The van der Waals surface area contributed by atoms with Crippen LogP contribution in [0.25, 0.3) is 0 Å². The highest BCUT2D eigenvalue weighted by Crippen LogP contribution is 2.30. The molecule has 1 saturated carbocycles. The largest absolute Gasteiger partial charge is 0.474 e. The number of pyridine rings is 1. The number of rotatable bonds is 8. The molecule has 0 bridgehead atoms. The normalized spacial score (nSPS) is 19.6. The zero-order valence-corrected chi connectivity index (χ0v) is 17.7. The fourth-order valence-corrected chi connectivity index (χ4v) is 3.74. The smallest absolute Gasteiger partial charge is 0.213 e. The van der Waals surface area contributed by atoms with Gasteiger partial charge in [0.05, 0.1) is 5.36 Å². The lowest BCUT2D eigenvalue weighted by atomic mass is 10.1. The molecule has 2 aromatic rings. The van der Waals surface area contributed by atoms with Gasteiger partial charge in [-0.25, -0.2) is 9.98 Å². The number of aromatic nitrogens is 1. The van der Waals surface area contributed by atoms with Gasteiger partial charge in [-0.1, -0.05) is 29.8 Å². The van der Waals surface area contributed by atoms with Crippen molar-refractivity contribution in [2.24, 2.45) is 10.9 Å². The monoisotopic (exact) mass is 408 g/mol. The van der Waals surface area contributed by atoms with Crippen molar-refractivity contribution in [2.75, 3.05) is 19.6 Å². The van der Waals surface area contributed by atoms with Crippen LogP contribution in [0.3, 0.4) is 0 Å². The molecule has 6 nitrogen and oxygen atoms in total. The Morgan fingerprint density at radius 3 is 2.70 bits per heavy atom. The Balaban J connectivity index is 1.22. The summed E-state index contributed by atoms with van der Waals surface area (Å²) in [7, 11) is 0. The molecule has 1 unspecified atom stereocenters. The Kier molecular flexibility index (Phi) is 7.10. The molecule has 4 rings (SSSR count). The lowest BCUT2D eigenvalue weighted by Crippen LogP contribution is -2.39. The van der Waals surface area contributed by atoms with Crippen LogP contribution in [0.5, 0.6) is 5.88 Å². The quantitative estimate of drug-likeness (QED) is 0.657. The first-order chi connectivity index (χ1) is 14.6. The maximum atomic E-state index is 10.1. The average Bonchev–Trinajstić information content (AvgIpc) is 3.58. The summed E-state index contributed by atoms with van der Waals surface area (Å²) < 4.78 is 6.08. The van der Waals surface area contributed by atoms with Gasteiger partial charge >= 0.3 is 0 Å². The van der Waals surface area contributed by atoms with E-state index in [1.54, 1.807) is 6.20 Å². The molecule has 2 fully saturated rings. The van der Waals surface area contributed by atoms with Gasteiger partial charge in [0, 0.05) is 38.4 Å². The van der Waals surface area contributed by atoms with Gasteiger partial charge in [0.2, 0.25) is 12.2 Å². The van der Waals surface area contributed by atoms with Crippen molar-refractivity contribution in [3.05, 3.63) is 65.1 Å². The van der Waals surface area contributed by atoms with Crippen molar-refractivity contribution in [3.63, 3.8) is 0 Å². The van der Waals surface area contributed by atoms with E-state index in [9.17, 15) is 5.11 Å². The summed E-state index contributed by atoms with van der Waals surface area (Å²) in [5.74, 6) is 1.63. The van der Waals surface area contributed by atoms with Gasteiger partial charge in [-0.3, -0.25) is 5.32 Å². The van der Waals surface area contributed by atoms with Crippen molar-refractivity contribution in [3.8, 4) is 5.88 Å². The molecule has 0 amide bonds. The summed E-state index contributed by atoms with van der Waals surface area (Å²) in [5.41, 5.74) is 2.13. The first-order valence-electron chi connectivity index (χ1n) is 11.0. The predicted octanol–water partition coefficient (Wildman–Crippen LogP) is 2.61. The Bertz CT molecular complexity index is 875. The highest BCUT2D eigenvalue weighted by Gasteiger charge is 2.27. The number of piperidine rings is 1. The van der Waals surface area contributed by atoms with Gasteiger partial charge in [0.25, 0.3) is 0 Å². The molecule has 1 saturated heterocycles. The Morgan fingerprint density at radius 1 is 1.13 bits per heavy atom. The molecular weight excluding hydrogens is 376 g/mol. The molecule has 1 aliphatic heterocycles. The van der Waals surface area contributed by atoms with Crippen LogP contribution < -0.4 is 15.4 Å². The van der Waals surface area contributed by atoms with Crippen molar-refractivity contribution in [1.29, 1.82) is 0 Å². The maximum Gasteiger partial charge on any atom is 0.213 e. The molecule has 2 heterocycles. The molecule has 1 aromatic heterocycles. The minimum absolute atomic E-state index is 0.258. The standard InChI is InChI=1S/C24H32N4O2/c1-18-3-2-4-21(9-5-18)27-24(29)26-16-20-8-10-23(25-15-20)30-22-11-13-28(14-12-22)17-19-6-7-19/h2-5,8-10,15,19,22,24,26,29H,6-7,11-14,16-17H2,1H3. The zero-order chi connectivity index (χ0) is 20.8. The summed E-state index contributed by atoms with van der Waals surface area (Å²) in [4.78, 5) is 11.3. The second-order valence-electron chi connectivity index (χ2n) is 8.48. The van der Waals surface area contributed by atoms with Gasteiger partial charge in [0.1, 0.15) is 6.10 Å². The Morgan fingerprint density at radius 2 is 1.97 bits per heavy atom. The van der Waals surface area contributed by atoms with E-state index in [1.807, 2.05) is 49.4 Å².